The summed E-state index contributed by atoms with van der Waals surface area (Å²) in [4.78, 5) is 11.9. The highest BCUT2D eigenvalue weighted by Gasteiger charge is 2.49. The minimum absolute atomic E-state index is 0.0174. The number of rotatable bonds is 9. The van der Waals surface area contributed by atoms with E-state index in [1.165, 1.54) is 5.56 Å². The second-order valence-corrected chi connectivity index (χ2v) is 10.8. The van der Waals surface area contributed by atoms with E-state index >= 15 is 0 Å². The van der Waals surface area contributed by atoms with E-state index in [9.17, 15) is 4.79 Å². The maximum absolute atomic E-state index is 11.9. The van der Waals surface area contributed by atoms with E-state index in [4.69, 9.17) is 18.9 Å². The lowest BCUT2D eigenvalue weighted by Crippen LogP contribution is -2.28. The maximum atomic E-state index is 11.9. The van der Waals surface area contributed by atoms with Gasteiger partial charge < -0.3 is 18.9 Å². The smallest absolute Gasteiger partial charge is 0.336 e. The molecule has 0 aromatic heterocycles. The second kappa shape index (κ2) is 11.4. The van der Waals surface area contributed by atoms with Crippen molar-refractivity contribution >= 4 is 30.6 Å². The molecule has 2 aliphatic heterocycles. The fraction of sp³-hybridized carbons (Fsp3) is 0.609. The number of hydrogen-bond acceptors (Lipinski definition) is 5. The Bertz CT molecular complexity index is 741. The van der Waals surface area contributed by atoms with Gasteiger partial charge in [-0.2, -0.15) is 0 Å². The number of carbonyl (C=O) groups is 1. The zero-order valence-corrected chi connectivity index (χ0v) is 20.2. The first kappa shape index (κ1) is 23.4. The van der Waals surface area contributed by atoms with Gasteiger partial charge in [0.2, 0.25) is 0 Å². The Morgan fingerprint density at radius 1 is 1.23 bits per heavy atom. The van der Waals surface area contributed by atoms with E-state index in [1.807, 2.05) is 6.07 Å². The third-order valence-electron chi connectivity index (χ3n) is 6.46. The summed E-state index contributed by atoms with van der Waals surface area (Å²) in [5.41, 5.74) is 1.31. The van der Waals surface area contributed by atoms with Crippen LogP contribution in [-0.4, -0.2) is 43.5 Å². The molecule has 1 aromatic rings. The van der Waals surface area contributed by atoms with Crippen LogP contribution in [-0.2, 0) is 30.1 Å². The molecule has 2 saturated heterocycles. The summed E-state index contributed by atoms with van der Waals surface area (Å²) in [7, 11) is 5.33. The lowest BCUT2D eigenvalue weighted by Gasteiger charge is -2.27. The zero-order valence-electron chi connectivity index (χ0n) is 17.9. The maximum Gasteiger partial charge on any atom is 0.336 e. The first-order valence-electron chi connectivity index (χ1n) is 11.4. The second-order valence-electron chi connectivity index (χ2n) is 8.73. The number of hydrogen-bond donors (Lipinski definition) is 0. The van der Waals surface area contributed by atoms with E-state index < -0.39 is 0 Å². The molecule has 8 atom stereocenters. The Morgan fingerprint density at radius 3 is 2.81 bits per heavy atom. The Balaban J connectivity index is 1.45. The summed E-state index contributed by atoms with van der Waals surface area (Å²) in [6.45, 7) is 0.769. The van der Waals surface area contributed by atoms with Gasteiger partial charge in [0.05, 0.1) is 18.6 Å². The monoisotopic (exact) mass is 462 g/mol. The lowest BCUT2D eigenvalue weighted by atomic mass is 9.91. The topological polar surface area (TPSA) is 54.0 Å². The molecule has 0 spiro atoms. The van der Waals surface area contributed by atoms with Crippen molar-refractivity contribution in [3.8, 4) is 0 Å². The van der Waals surface area contributed by atoms with Crippen LogP contribution in [0.1, 0.15) is 44.1 Å². The molecule has 1 saturated carbocycles. The molecule has 0 radical (unpaired) electrons. The van der Waals surface area contributed by atoms with E-state index in [1.54, 1.807) is 0 Å². The third-order valence-corrected chi connectivity index (χ3v) is 6.77. The van der Waals surface area contributed by atoms with Crippen molar-refractivity contribution in [1.82, 2.24) is 0 Å². The van der Waals surface area contributed by atoms with E-state index in [2.05, 4.69) is 54.7 Å². The van der Waals surface area contributed by atoms with Crippen LogP contribution in [0.2, 0.25) is 0 Å². The van der Waals surface area contributed by atoms with Gasteiger partial charge in [-0.15, -0.1) is 18.2 Å². The lowest BCUT2D eigenvalue weighted by molar-refractivity contribution is -0.179. The van der Waals surface area contributed by atoms with Gasteiger partial charge in [-0.1, -0.05) is 42.5 Å². The Kier molecular flexibility index (Phi) is 8.60. The van der Waals surface area contributed by atoms with E-state index in [0.29, 0.717) is 6.42 Å². The predicted molar refractivity (Wildman–Crippen MR) is 129 cm³/mol. The Hall–Kier alpha value is -0.765. The van der Waals surface area contributed by atoms with Gasteiger partial charge in [-0.05, 0) is 37.7 Å². The zero-order chi connectivity index (χ0) is 21.6. The van der Waals surface area contributed by atoms with Crippen molar-refractivity contribution in [3.63, 3.8) is 0 Å². The minimum atomic E-state index is -0.137. The van der Waals surface area contributed by atoms with Gasteiger partial charge in [0.1, 0.15) is 6.10 Å². The van der Waals surface area contributed by atoms with Crippen molar-refractivity contribution in [3.05, 3.63) is 48.0 Å². The highest BCUT2D eigenvalue weighted by Crippen LogP contribution is 2.44. The first-order valence-corrected chi connectivity index (χ1v) is 12.8. The first-order chi connectivity index (χ1) is 15.1. The molecular weight excluding hydrogens is 429 g/mol. The minimum Gasteiger partial charge on any atom is -0.462 e. The standard InChI is InChI=1S/C23H33BO5P2/c25-22-14-19-18(21(29-24(30)31)15-20(19)28-22)12-11-17(27-23-8-4-5-13-26-23)10-9-16-6-2-1-3-7-16/h1-3,6-7,11-12,17-21,23H,4-5,8-10,13-15,30-31H2/t17-,18-,19-,20+,21-,23?/m1/s1. The number of benzene rings is 1. The summed E-state index contributed by atoms with van der Waals surface area (Å²) in [6, 6.07) is 10.5. The van der Waals surface area contributed by atoms with Crippen molar-refractivity contribution in [1.29, 1.82) is 0 Å². The van der Waals surface area contributed by atoms with Crippen LogP contribution < -0.4 is 0 Å². The molecule has 0 bridgehead atoms. The molecule has 5 nitrogen and oxygen atoms in total. The van der Waals surface area contributed by atoms with Crippen molar-refractivity contribution in [2.45, 2.75) is 69.5 Å². The van der Waals surface area contributed by atoms with Crippen LogP contribution in [0.25, 0.3) is 0 Å². The molecule has 168 valence electrons. The summed E-state index contributed by atoms with van der Waals surface area (Å²) >= 11 is 0. The molecule has 31 heavy (non-hydrogen) atoms. The number of esters is 1. The molecule has 3 unspecified atom stereocenters. The van der Waals surface area contributed by atoms with Gasteiger partial charge in [-0.3, -0.25) is 4.79 Å². The largest absolute Gasteiger partial charge is 0.462 e. The number of fused-ring (bicyclic) bond motifs is 1. The molecule has 0 N–H and O–H groups in total. The average Bonchev–Trinajstić information content (AvgIpc) is 3.26. The van der Waals surface area contributed by atoms with Crippen LogP contribution in [0.4, 0.5) is 0 Å². The van der Waals surface area contributed by atoms with Gasteiger partial charge >= 0.3 is 12.3 Å². The van der Waals surface area contributed by atoms with Crippen LogP contribution in [0.5, 0.6) is 0 Å². The number of ether oxygens (including phenoxy) is 3. The number of carbonyl (C=O) groups excluding carboxylic acids is 1. The Morgan fingerprint density at radius 2 is 2.06 bits per heavy atom. The van der Waals surface area contributed by atoms with Crippen molar-refractivity contribution in [2.75, 3.05) is 6.61 Å². The fourth-order valence-electron chi connectivity index (χ4n) is 4.94. The molecule has 1 aromatic carbocycles. The molecule has 3 fully saturated rings. The normalized spacial score (nSPS) is 31.5. The van der Waals surface area contributed by atoms with Gasteiger partial charge in [0, 0.05) is 24.9 Å². The average molecular weight is 462 g/mol. The SMILES string of the molecule is O=C1C[C@@H]2[C@@H](C=C[C@@H](CCc3ccccc3)OC3CCCCO3)[C@H](OB(P)P)C[C@@H]2O1. The van der Waals surface area contributed by atoms with Crippen LogP contribution in [0.15, 0.2) is 42.5 Å². The third kappa shape index (κ3) is 6.62. The molecule has 3 aliphatic rings. The summed E-state index contributed by atoms with van der Waals surface area (Å²) in [5.74, 6) is 0.242. The predicted octanol–water partition coefficient (Wildman–Crippen LogP) is 4.16. The van der Waals surface area contributed by atoms with Crippen LogP contribution in [0, 0.1) is 11.8 Å². The molecule has 2 heterocycles. The molecule has 1 aliphatic carbocycles. The Labute approximate surface area is 190 Å². The van der Waals surface area contributed by atoms with Gasteiger partial charge in [0.15, 0.2) is 6.29 Å². The quantitative estimate of drug-likeness (QED) is 0.239. The molecule has 4 rings (SSSR count). The molecular formula is C23H33BO5P2. The van der Waals surface area contributed by atoms with Crippen LogP contribution in [0.3, 0.4) is 0 Å². The summed E-state index contributed by atoms with van der Waals surface area (Å²) < 4.78 is 23.9. The van der Waals surface area contributed by atoms with E-state index in [-0.39, 0.29) is 48.8 Å². The fourth-order valence-corrected chi connectivity index (χ4v) is 5.34. The highest BCUT2D eigenvalue weighted by atomic mass is 31.1. The van der Waals surface area contributed by atoms with Crippen molar-refractivity contribution < 1.29 is 23.7 Å². The molecule has 0 amide bonds. The van der Waals surface area contributed by atoms with Crippen LogP contribution >= 0.6 is 18.2 Å². The van der Waals surface area contributed by atoms with E-state index in [0.717, 1.165) is 45.1 Å². The summed E-state index contributed by atoms with van der Waals surface area (Å²) in [6.07, 6.45) is 10.5. The van der Waals surface area contributed by atoms with Gasteiger partial charge in [-0.25, -0.2) is 0 Å². The molecule has 8 heteroatoms. The van der Waals surface area contributed by atoms with Gasteiger partial charge in [0.25, 0.3) is 0 Å². The highest BCUT2D eigenvalue weighted by molar-refractivity contribution is 7.92. The number of aryl methyl sites for hydroxylation is 1. The van der Waals surface area contributed by atoms with Crippen molar-refractivity contribution in [2.24, 2.45) is 11.8 Å². The summed E-state index contributed by atoms with van der Waals surface area (Å²) in [5, 5.41) is 0.